The van der Waals surface area contributed by atoms with E-state index >= 15 is 0 Å². The molecular weight excluding hydrogens is 440 g/mol. The van der Waals surface area contributed by atoms with Crippen LogP contribution < -0.4 is 0 Å². The summed E-state index contributed by atoms with van der Waals surface area (Å²) in [5.41, 5.74) is 7.32. The normalized spacial score (nSPS) is 14.3. The molecule has 0 aromatic rings. The highest BCUT2D eigenvalue weighted by atomic mass is 28.4. The van der Waals surface area contributed by atoms with Crippen LogP contribution in [0, 0.1) is 0 Å². The van der Waals surface area contributed by atoms with Gasteiger partial charge in [-0.2, -0.15) is 0 Å². The Labute approximate surface area is 221 Å². The summed E-state index contributed by atoms with van der Waals surface area (Å²) in [6, 6.07) is 0. The first kappa shape index (κ1) is 33.6. The summed E-state index contributed by atoms with van der Waals surface area (Å²) in [5.74, 6) is 0. The molecule has 0 heterocycles. The van der Waals surface area contributed by atoms with Gasteiger partial charge >= 0.3 is 0 Å². The van der Waals surface area contributed by atoms with Crippen molar-refractivity contribution in [2.24, 2.45) is 0 Å². The van der Waals surface area contributed by atoms with Gasteiger partial charge < -0.3 is 4.43 Å². The average Bonchev–Trinajstić information content (AvgIpc) is 2.74. The Kier molecular flexibility index (Phi) is 17.2. The summed E-state index contributed by atoms with van der Waals surface area (Å²) >= 11 is 0. The first-order valence-electron chi connectivity index (χ1n) is 13.8. The molecule has 0 fully saturated rings. The zero-order chi connectivity index (χ0) is 26.9. The van der Waals surface area contributed by atoms with Crippen molar-refractivity contribution < 1.29 is 4.43 Å². The summed E-state index contributed by atoms with van der Waals surface area (Å²) in [7, 11) is -1.71. The van der Waals surface area contributed by atoms with Crippen LogP contribution in [0.2, 0.25) is 18.1 Å². The van der Waals surface area contributed by atoms with Gasteiger partial charge in [0, 0.05) is 0 Å². The molecule has 0 radical (unpaired) electrons. The van der Waals surface area contributed by atoms with Crippen molar-refractivity contribution in [1.29, 1.82) is 0 Å². The SMILES string of the molecule is C=CC/C(=C/CC/C(C)=C/CC/C=C(\C)CC/C=C(\C)CCC=C(C)C)CO[Si](C)(C)C(C)(C)C. The van der Waals surface area contributed by atoms with Gasteiger partial charge in [-0.1, -0.05) is 79.5 Å². The molecule has 0 bridgehead atoms. The van der Waals surface area contributed by atoms with E-state index < -0.39 is 8.32 Å². The number of hydrogen-bond donors (Lipinski definition) is 0. The summed E-state index contributed by atoms with van der Waals surface area (Å²) in [6.45, 7) is 27.4. The first-order valence-corrected chi connectivity index (χ1v) is 16.7. The van der Waals surface area contributed by atoms with Crippen molar-refractivity contribution in [1.82, 2.24) is 0 Å². The highest BCUT2D eigenvalue weighted by Gasteiger charge is 2.37. The minimum Gasteiger partial charge on any atom is -0.413 e. The Hall–Kier alpha value is -1.38. The minimum absolute atomic E-state index is 0.249. The highest BCUT2D eigenvalue weighted by Crippen LogP contribution is 2.36. The molecule has 0 rings (SSSR count). The van der Waals surface area contributed by atoms with E-state index in [9.17, 15) is 0 Å². The molecule has 0 aliphatic carbocycles. The lowest BCUT2D eigenvalue weighted by Gasteiger charge is -2.36. The zero-order valence-electron chi connectivity index (χ0n) is 25.2. The van der Waals surface area contributed by atoms with Crippen molar-refractivity contribution in [2.75, 3.05) is 6.61 Å². The fraction of sp³-hybridized carbons (Fsp3) is 0.636. The van der Waals surface area contributed by atoms with Gasteiger partial charge in [-0.15, -0.1) is 6.58 Å². The Morgan fingerprint density at radius 2 is 1.11 bits per heavy atom. The summed E-state index contributed by atoms with van der Waals surface area (Å²) in [6.07, 6.45) is 24.1. The number of rotatable bonds is 17. The van der Waals surface area contributed by atoms with E-state index in [1.807, 2.05) is 6.08 Å². The van der Waals surface area contributed by atoms with Gasteiger partial charge in [-0.3, -0.25) is 0 Å². The largest absolute Gasteiger partial charge is 0.413 e. The molecule has 0 saturated heterocycles. The van der Waals surface area contributed by atoms with E-state index in [-0.39, 0.29) is 5.04 Å². The molecule has 0 aromatic heterocycles. The number of hydrogen-bond acceptors (Lipinski definition) is 1. The average molecular weight is 499 g/mol. The summed E-state index contributed by atoms with van der Waals surface area (Å²) in [5, 5.41) is 0.249. The van der Waals surface area contributed by atoms with Crippen LogP contribution in [0.15, 0.2) is 70.9 Å². The topological polar surface area (TPSA) is 9.23 Å². The Morgan fingerprint density at radius 1 is 0.686 bits per heavy atom. The monoisotopic (exact) mass is 498 g/mol. The van der Waals surface area contributed by atoms with Crippen LogP contribution >= 0.6 is 0 Å². The van der Waals surface area contributed by atoms with E-state index in [0.717, 1.165) is 45.1 Å². The van der Waals surface area contributed by atoms with Gasteiger partial charge in [0.15, 0.2) is 8.32 Å². The van der Waals surface area contributed by atoms with Crippen LogP contribution in [0.3, 0.4) is 0 Å². The molecule has 35 heavy (non-hydrogen) atoms. The van der Waals surface area contributed by atoms with Gasteiger partial charge in [0.2, 0.25) is 0 Å². The lowest BCUT2D eigenvalue weighted by atomic mass is 10.0. The third kappa shape index (κ3) is 17.7. The number of allylic oxidation sites excluding steroid dienone is 10. The Bertz CT molecular complexity index is 761. The minimum atomic E-state index is -1.71. The molecule has 0 amide bonds. The second-order valence-electron chi connectivity index (χ2n) is 12.0. The maximum atomic E-state index is 6.43. The molecule has 0 aromatic carbocycles. The smallest absolute Gasteiger partial charge is 0.192 e. The summed E-state index contributed by atoms with van der Waals surface area (Å²) in [4.78, 5) is 0. The Morgan fingerprint density at radius 3 is 1.54 bits per heavy atom. The summed E-state index contributed by atoms with van der Waals surface area (Å²) < 4.78 is 6.43. The molecule has 0 aliphatic rings. The van der Waals surface area contributed by atoms with Crippen LogP contribution in [-0.4, -0.2) is 14.9 Å². The van der Waals surface area contributed by atoms with Crippen LogP contribution in [-0.2, 0) is 4.43 Å². The standard InChI is InChI=1S/C33H58OSi/c1-12-18-32(27-34-35(10,11)33(7,8)9)26-17-25-30(5)21-14-13-20-29(4)23-16-24-31(6)22-15-19-28(2)3/h12,19-21,24,26H,1,13-18,22-23,25,27H2,2-11H3/b29-20+,30-21+,31-24+,32-26-. The molecule has 0 N–H and O–H groups in total. The Balaban J connectivity index is 4.42. The molecular formula is C33H58OSi. The molecule has 200 valence electrons. The third-order valence-corrected chi connectivity index (χ3v) is 11.6. The van der Waals surface area contributed by atoms with Crippen molar-refractivity contribution in [3.05, 3.63) is 70.9 Å². The van der Waals surface area contributed by atoms with Crippen molar-refractivity contribution in [3.63, 3.8) is 0 Å². The third-order valence-electron chi connectivity index (χ3n) is 7.08. The lowest BCUT2D eigenvalue weighted by molar-refractivity contribution is 0.316. The number of unbranched alkanes of at least 4 members (excludes halogenated alkanes) is 1. The van der Waals surface area contributed by atoms with E-state index in [1.165, 1.54) is 47.1 Å². The molecule has 0 saturated carbocycles. The fourth-order valence-electron chi connectivity index (χ4n) is 3.48. The van der Waals surface area contributed by atoms with E-state index in [2.05, 4.69) is 105 Å². The van der Waals surface area contributed by atoms with Crippen molar-refractivity contribution in [2.45, 2.75) is 131 Å². The predicted molar refractivity (Wildman–Crippen MR) is 164 cm³/mol. The van der Waals surface area contributed by atoms with Crippen LogP contribution in [0.5, 0.6) is 0 Å². The zero-order valence-corrected chi connectivity index (χ0v) is 26.2. The molecule has 0 aliphatic heterocycles. The molecule has 0 atom stereocenters. The van der Waals surface area contributed by atoms with Gasteiger partial charge in [0.1, 0.15) is 0 Å². The van der Waals surface area contributed by atoms with E-state index in [0.29, 0.717) is 0 Å². The highest BCUT2D eigenvalue weighted by molar-refractivity contribution is 6.74. The van der Waals surface area contributed by atoms with Gasteiger partial charge in [0.25, 0.3) is 0 Å². The van der Waals surface area contributed by atoms with E-state index in [1.54, 1.807) is 0 Å². The molecule has 0 spiro atoms. The van der Waals surface area contributed by atoms with Gasteiger partial charge in [-0.05, 0) is 116 Å². The maximum Gasteiger partial charge on any atom is 0.192 e. The lowest BCUT2D eigenvalue weighted by Crippen LogP contribution is -2.41. The fourth-order valence-corrected chi connectivity index (χ4v) is 4.46. The first-order chi connectivity index (χ1) is 16.3. The molecule has 1 nitrogen and oxygen atoms in total. The van der Waals surface area contributed by atoms with E-state index in [4.69, 9.17) is 4.43 Å². The molecule has 2 heteroatoms. The second-order valence-corrected chi connectivity index (χ2v) is 16.8. The van der Waals surface area contributed by atoms with Gasteiger partial charge in [0.05, 0.1) is 6.61 Å². The second kappa shape index (κ2) is 18.0. The van der Waals surface area contributed by atoms with Crippen molar-refractivity contribution >= 4 is 8.32 Å². The molecule has 0 unspecified atom stereocenters. The van der Waals surface area contributed by atoms with Crippen LogP contribution in [0.4, 0.5) is 0 Å². The quantitative estimate of drug-likeness (QED) is 0.110. The van der Waals surface area contributed by atoms with Crippen molar-refractivity contribution in [3.8, 4) is 0 Å². The maximum absolute atomic E-state index is 6.43. The predicted octanol–water partition coefficient (Wildman–Crippen LogP) is 11.4. The van der Waals surface area contributed by atoms with Crippen LogP contribution in [0.1, 0.15) is 113 Å². The van der Waals surface area contributed by atoms with Crippen LogP contribution in [0.25, 0.3) is 0 Å². The van der Waals surface area contributed by atoms with Gasteiger partial charge in [-0.25, -0.2) is 0 Å².